The summed E-state index contributed by atoms with van der Waals surface area (Å²) < 4.78 is 0. The first kappa shape index (κ1) is 12.7. The molecule has 88 valence electrons. The van der Waals surface area contributed by atoms with Crippen LogP contribution < -0.4 is 4.90 Å². The summed E-state index contributed by atoms with van der Waals surface area (Å²) in [5, 5.41) is 9.40. The van der Waals surface area contributed by atoms with Gasteiger partial charge in [0.1, 0.15) is 5.82 Å². The minimum atomic E-state index is -0.464. The lowest BCUT2D eigenvalue weighted by molar-refractivity contribution is 0.199. The van der Waals surface area contributed by atoms with Gasteiger partial charge in [0.15, 0.2) is 0 Å². The lowest BCUT2D eigenvalue weighted by Crippen LogP contribution is -2.31. The summed E-state index contributed by atoms with van der Waals surface area (Å²) in [6.07, 6.45) is 3.12. The summed E-state index contributed by atoms with van der Waals surface area (Å²) >= 11 is 0. The molecule has 3 nitrogen and oxygen atoms in total. The van der Waals surface area contributed by atoms with Crippen LogP contribution in [0.5, 0.6) is 0 Å². The van der Waals surface area contributed by atoms with E-state index in [2.05, 4.69) is 30.3 Å². The quantitative estimate of drug-likeness (QED) is 0.775. The summed E-state index contributed by atoms with van der Waals surface area (Å²) in [6.45, 7) is 10.5. The van der Waals surface area contributed by atoms with Gasteiger partial charge in [-0.2, -0.15) is 0 Å². The Hall–Kier alpha value is -1.35. The molecule has 1 atom stereocenters. The molecular weight excluding hydrogens is 200 g/mol. The molecule has 0 aliphatic carbocycles. The van der Waals surface area contributed by atoms with Crippen LogP contribution in [-0.2, 0) is 0 Å². The molecule has 1 N–H and O–H groups in total. The zero-order chi connectivity index (χ0) is 12.1. The Morgan fingerprint density at radius 3 is 2.50 bits per heavy atom. The molecule has 0 fully saturated rings. The first-order valence-corrected chi connectivity index (χ1v) is 5.57. The summed E-state index contributed by atoms with van der Waals surface area (Å²) in [6, 6.07) is 4.22. The topological polar surface area (TPSA) is 36.4 Å². The van der Waals surface area contributed by atoms with E-state index in [1.807, 2.05) is 18.2 Å². The van der Waals surface area contributed by atoms with Gasteiger partial charge in [-0.25, -0.2) is 4.98 Å². The monoisotopic (exact) mass is 220 g/mol. The highest BCUT2D eigenvalue weighted by Crippen LogP contribution is 2.17. The molecule has 0 aromatic carbocycles. The molecule has 0 spiro atoms. The highest BCUT2D eigenvalue weighted by atomic mass is 16.3. The van der Waals surface area contributed by atoms with Crippen LogP contribution in [0.2, 0.25) is 0 Å². The fourth-order valence-electron chi connectivity index (χ4n) is 1.52. The fraction of sp³-hybridized carbons (Fsp3) is 0.462. The summed E-state index contributed by atoms with van der Waals surface area (Å²) in [7, 11) is 0. The van der Waals surface area contributed by atoms with Crippen LogP contribution in [0.4, 0.5) is 5.82 Å². The maximum atomic E-state index is 9.40. The van der Waals surface area contributed by atoms with Crippen molar-refractivity contribution >= 4 is 5.82 Å². The van der Waals surface area contributed by atoms with Crippen LogP contribution in [0, 0.1) is 0 Å². The highest BCUT2D eigenvalue weighted by Gasteiger charge is 2.10. The van der Waals surface area contributed by atoms with Crippen LogP contribution in [0.25, 0.3) is 0 Å². The molecule has 0 saturated heterocycles. The average molecular weight is 220 g/mol. The van der Waals surface area contributed by atoms with Gasteiger partial charge in [0.05, 0.1) is 6.10 Å². The maximum Gasteiger partial charge on any atom is 0.128 e. The molecule has 1 aromatic rings. The Morgan fingerprint density at radius 1 is 1.44 bits per heavy atom. The standard InChI is InChI=1S/C13H20N2O/c1-5-8-15(10(2)3)13-7-6-12(9-14-13)11(4)16/h5-7,9-11,16H,1,8H2,2-4H3/t11-/m0/s1. The Bertz CT molecular complexity index is 330. The summed E-state index contributed by atoms with van der Waals surface area (Å²) in [5.74, 6) is 0.916. The molecule has 1 aromatic heterocycles. The Kier molecular flexibility index (Phi) is 4.50. The second-order valence-corrected chi connectivity index (χ2v) is 4.16. The van der Waals surface area contributed by atoms with E-state index < -0.39 is 6.10 Å². The van der Waals surface area contributed by atoms with Gasteiger partial charge in [0, 0.05) is 18.8 Å². The Morgan fingerprint density at radius 2 is 2.12 bits per heavy atom. The van der Waals surface area contributed by atoms with Crippen molar-refractivity contribution in [3.8, 4) is 0 Å². The van der Waals surface area contributed by atoms with E-state index in [-0.39, 0.29) is 0 Å². The first-order chi connectivity index (χ1) is 7.56. The molecule has 3 heteroatoms. The SMILES string of the molecule is C=CCN(c1ccc([C@H](C)O)cn1)C(C)C. The molecule has 0 saturated carbocycles. The molecule has 0 aliphatic heterocycles. The Balaban J connectivity index is 2.89. The van der Waals surface area contributed by atoms with E-state index in [0.29, 0.717) is 6.04 Å². The maximum absolute atomic E-state index is 9.40. The zero-order valence-corrected chi connectivity index (χ0v) is 10.2. The molecular formula is C13H20N2O. The third-order valence-electron chi connectivity index (χ3n) is 2.50. The molecule has 0 radical (unpaired) electrons. The van der Waals surface area contributed by atoms with Crippen LogP contribution in [0.1, 0.15) is 32.4 Å². The van der Waals surface area contributed by atoms with Gasteiger partial charge in [-0.1, -0.05) is 12.1 Å². The van der Waals surface area contributed by atoms with Crippen molar-refractivity contribution in [1.29, 1.82) is 0 Å². The smallest absolute Gasteiger partial charge is 0.128 e. The molecule has 1 rings (SSSR count). The highest BCUT2D eigenvalue weighted by molar-refractivity contribution is 5.41. The number of nitrogens with zero attached hydrogens (tertiary/aromatic N) is 2. The van der Waals surface area contributed by atoms with Crippen molar-refractivity contribution in [3.63, 3.8) is 0 Å². The normalized spacial score (nSPS) is 12.6. The predicted molar refractivity (Wildman–Crippen MR) is 67.5 cm³/mol. The van der Waals surface area contributed by atoms with Crippen molar-refractivity contribution in [2.24, 2.45) is 0 Å². The van der Waals surface area contributed by atoms with Gasteiger partial charge in [-0.3, -0.25) is 0 Å². The van der Waals surface area contributed by atoms with Crippen molar-refractivity contribution in [3.05, 3.63) is 36.5 Å². The second-order valence-electron chi connectivity index (χ2n) is 4.16. The number of aliphatic hydroxyl groups excluding tert-OH is 1. The van der Waals surface area contributed by atoms with Crippen LogP contribution >= 0.6 is 0 Å². The number of hydrogen-bond donors (Lipinski definition) is 1. The second kappa shape index (κ2) is 5.66. The van der Waals surface area contributed by atoms with E-state index in [4.69, 9.17) is 0 Å². The number of rotatable bonds is 5. The van der Waals surface area contributed by atoms with Gasteiger partial charge in [0.2, 0.25) is 0 Å². The molecule has 0 aliphatic rings. The van der Waals surface area contributed by atoms with Crippen molar-refractivity contribution < 1.29 is 5.11 Å². The summed E-state index contributed by atoms with van der Waals surface area (Å²) in [5.41, 5.74) is 0.839. The zero-order valence-electron chi connectivity index (χ0n) is 10.2. The van der Waals surface area contributed by atoms with Gasteiger partial charge in [-0.15, -0.1) is 6.58 Å². The fourth-order valence-corrected chi connectivity index (χ4v) is 1.52. The van der Waals surface area contributed by atoms with Crippen LogP contribution in [-0.4, -0.2) is 22.7 Å². The van der Waals surface area contributed by atoms with Crippen molar-refractivity contribution in [2.75, 3.05) is 11.4 Å². The average Bonchev–Trinajstić information content (AvgIpc) is 2.25. The van der Waals surface area contributed by atoms with Crippen LogP contribution in [0.3, 0.4) is 0 Å². The molecule has 0 unspecified atom stereocenters. The largest absolute Gasteiger partial charge is 0.389 e. The number of aromatic nitrogens is 1. The van der Waals surface area contributed by atoms with E-state index in [0.717, 1.165) is 17.9 Å². The lowest BCUT2D eigenvalue weighted by Gasteiger charge is -2.26. The number of aliphatic hydroxyl groups is 1. The molecule has 0 bridgehead atoms. The van der Waals surface area contributed by atoms with Gasteiger partial charge < -0.3 is 10.0 Å². The molecule has 0 amide bonds. The van der Waals surface area contributed by atoms with Crippen molar-refractivity contribution in [2.45, 2.75) is 32.9 Å². The summed E-state index contributed by atoms with van der Waals surface area (Å²) in [4.78, 5) is 6.51. The van der Waals surface area contributed by atoms with Gasteiger partial charge in [-0.05, 0) is 32.4 Å². The Labute approximate surface area is 97.4 Å². The first-order valence-electron chi connectivity index (χ1n) is 5.57. The van der Waals surface area contributed by atoms with Crippen molar-refractivity contribution in [1.82, 2.24) is 4.98 Å². The minimum absolute atomic E-state index is 0.378. The third-order valence-corrected chi connectivity index (χ3v) is 2.50. The molecule has 1 heterocycles. The van der Waals surface area contributed by atoms with E-state index in [1.54, 1.807) is 13.1 Å². The van der Waals surface area contributed by atoms with Gasteiger partial charge >= 0.3 is 0 Å². The van der Waals surface area contributed by atoms with E-state index in [9.17, 15) is 5.11 Å². The van der Waals surface area contributed by atoms with E-state index >= 15 is 0 Å². The minimum Gasteiger partial charge on any atom is -0.389 e. The number of anilines is 1. The van der Waals surface area contributed by atoms with Gasteiger partial charge in [0.25, 0.3) is 0 Å². The number of hydrogen-bond acceptors (Lipinski definition) is 3. The van der Waals surface area contributed by atoms with Crippen LogP contribution in [0.15, 0.2) is 31.0 Å². The van der Waals surface area contributed by atoms with E-state index in [1.165, 1.54) is 0 Å². The molecule has 16 heavy (non-hydrogen) atoms. The lowest BCUT2D eigenvalue weighted by atomic mass is 10.2. The number of pyridine rings is 1. The predicted octanol–water partition coefficient (Wildman–Crippen LogP) is 2.54. The third kappa shape index (κ3) is 3.07.